The van der Waals surface area contributed by atoms with E-state index in [-0.39, 0.29) is 19.3 Å². The summed E-state index contributed by atoms with van der Waals surface area (Å²) in [4.78, 5) is 41.7. The van der Waals surface area contributed by atoms with Crippen molar-refractivity contribution in [1.82, 2.24) is 0 Å². The van der Waals surface area contributed by atoms with E-state index in [4.69, 9.17) is 6.64 Å². The van der Waals surface area contributed by atoms with Crippen molar-refractivity contribution >= 4 is 14.1 Å². The van der Waals surface area contributed by atoms with E-state index in [0.29, 0.717) is 19.3 Å². The normalized spacial score (nSPS) is 12.5. The van der Waals surface area contributed by atoms with Gasteiger partial charge in [-0.1, -0.05) is 117 Å². The third kappa shape index (κ3) is 35.7. The molecule has 0 N–H and O–H groups in total. The Kier molecular flexibility index (Phi) is 44.2. The van der Waals surface area contributed by atoms with Crippen LogP contribution in [0.15, 0.2) is 36.5 Å². The zero-order valence-electron chi connectivity index (χ0n) is 43.2. The van der Waals surface area contributed by atoms with Gasteiger partial charge in [-0.2, -0.15) is 0 Å². The van der Waals surface area contributed by atoms with Gasteiger partial charge >= 0.3 is 278 Å². The number of allylic oxidation sites excluding steroid dienone is 6. The molecule has 0 aromatic carbocycles. The molecule has 0 radical (unpaired) electrons. The number of hydrogen-bond acceptors (Lipinski definition) is 6. The molecular formula is C57H106O6Ti. The second-order valence-electron chi connectivity index (χ2n) is 19.5. The van der Waals surface area contributed by atoms with Crippen LogP contribution in [0.5, 0.6) is 0 Å². The van der Waals surface area contributed by atoms with Gasteiger partial charge < -0.3 is 0 Å². The fourth-order valence-corrected chi connectivity index (χ4v) is 14.0. The van der Waals surface area contributed by atoms with Crippen LogP contribution in [0.2, 0.25) is 0 Å². The third-order valence-corrected chi connectivity index (χ3v) is 18.8. The molecule has 0 aliphatic heterocycles. The maximum atomic E-state index is 15.2. The Bertz CT molecular complexity index is 1190. The van der Waals surface area contributed by atoms with E-state index in [1.54, 1.807) is 13.8 Å². The molecule has 0 spiro atoms. The van der Waals surface area contributed by atoms with Crippen LogP contribution in [-0.4, -0.2) is 20.2 Å². The fraction of sp³-hybridized carbons (Fsp3) is 0.842. The van der Waals surface area contributed by atoms with Crippen molar-refractivity contribution in [3.05, 3.63) is 36.5 Å². The molecule has 0 aliphatic rings. The smallest absolute Gasteiger partial charge is 0.0654 e. The second-order valence-corrected chi connectivity index (χ2v) is 25.0. The summed E-state index contributed by atoms with van der Waals surface area (Å²) >= 11 is -6.80. The molecule has 0 aromatic rings. The van der Waals surface area contributed by atoms with Crippen molar-refractivity contribution < 1.29 is 40.4 Å². The Balaban J connectivity index is 5.09. The van der Waals surface area contributed by atoms with Crippen molar-refractivity contribution in [3.8, 4) is 0 Å². The monoisotopic (exact) mass is 935 g/mol. The zero-order valence-corrected chi connectivity index (χ0v) is 44.8. The number of hydrogen-bond donors (Lipinski definition) is 0. The minimum absolute atomic E-state index is 0.0303. The van der Waals surface area contributed by atoms with Crippen LogP contribution in [0, 0.1) is 0 Å². The molecule has 0 amide bonds. The summed E-state index contributed by atoms with van der Waals surface area (Å²) in [7, 11) is 0. The number of unbranched alkanes of at least 4 members (excludes halogenated alkanes) is 33. The first-order chi connectivity index (χ1) is 31.1. The molecule has 0 saturated heterocycles. The summed E-state index contributed by atoms with van der Waals surface area (Å²) in [6, 6.07) is 0. The quantitative estimate of drug-likeness (QED) is 0.0343. The van der Waals surface area contributed by atoms with Gasteiger partial charge in [0.25, 0.3) is 0 Å². The van der Waals surface area contributed by atoms with Gasteiger partial charge in [0, 0.05) is 0 Å². The van der Waals surface area contributed by atoms with E-state index in [2.05, 4.69) is 57.2 Å². The van der Waals surface area contributed by atoms with E-state index in [1.807, 2.05) is 0 Å². The van der Waals surface area contributed by atoms with Gasteiger partial charge in [0.05, 0.1) is 0 Å². The van der Waals surface area contributed by atoms with Crippen LogP contribution in [0.4, 0.5) is 0 Å². The summed E-state index contributed by atoms with van der Waals surface area (Å²) in [6.45, 7) is 10.1. The molecule has 0 rings (SSSR count). The predicted octanol–water partition coefficient (Wildman–Crippen LogP) is 19.0. The standard InChI is InChI=1S/C18H34O2.2C18H33O.C3H7O.O.Ti/c1-2-3-4-5-6-7-8-9-10-11-12-13-14-15-16-17-18(19)20;2*1-2-3-4-5-6-7-8-9-10-11-12-13-14-15-16-17-18-19;1-3(2)4;;/h9-10H,2-8,11-17H2,1H3,(H,19,20);2*9-10H,2-8,11-17H2,1H3;3H,1-2H3;;/q;;;-1;;+2/p-1/b3*10-9-;;;. The van der Waals surface area contributed by atoms with Crippen LogP contribution in [0.1, 0.15) is 304 Å². The topological polar surface area (TPSA) is 86.7 Å². The van der Waals surface area contributed by atoms with E-state index in [9.17, 15) is 14.4 Å². The number of rotatable bonds is 50. The molecule has 0 aliphatic carbocycles. The molecule has 0 atom stereocenters. The van der Waals surface area contributed by atoms with Crippen molar-refractivity contribution in [2.45, 2.75) is 310 Å². The molecule has 0 bridgehead atoms. The van der Waals surface area contributed by atoms with Gasteiger partial charge in [0.1, 0.15) is 0 Å². The second kappa shape index (κ2) is 45.3. The maximum absolute atomic E-state index is 15.2. The van der Waals surface area contributed by atoms with Gasteiger partial charge in [0.2, 0.25) is 0 Å². The molecule has 6 nitrogen and oxygen atoms in total. The summed E-state index contributed by atoms with van der Waals surface area (Å²) in [5, 5.41) is 0. The minimum Gasteiger partial charge on any atom is -0.0654 e. The van der Waals surface area contributed by atoms with Crippen LogP contribution in [-0.2, 0) is 40.4 Å². The number of carbonyl (C=O) groups is 3. The van der Waals surface area contributed by atoms with Gasteiger partial charge in [-0.3, -0.25) is 0 Å². The Hall–Kier alpha value is -1.50. The van der Waals surface area contributed by atoms with E-state index in [1.165, 1.54) is 122 Å². The van der Waals surface area contributed by atoms with Crippen LogP contribution >= 0.6 is 0 Å². The Morgan fingerprint density at radius 3 is 0.859 bits per heavy atom. The van der Waals surface area contributed by atoms with Gasteiger partial charge in [-0.05, 0) is 6.42 Å². The molecular weight excluding hydrogens is 828 g/mol. The summed E-state index contributed by atoms with van der Waals surface area (Å²) < 4.78 is 25.4. The predicted molar refractivity (Wildman–Crippen MR) is 271 cm³/mol. The van der Waals surface area contributed by atoms with Gasteiger partial charge in [-0.15, -0.1) is 0 Å². The summed E-state index contributed by atoms with van der Waals surface area (Å²) in [6.07, 6.45) is 57.0. The van der Waals surface area contributed by atoms with Crippen LogP contribution in [0.25, 0.3) is 0 Å². The molecule has 64 heavy (non-hydrogen) atoms. The van der Waals surface area contributed by atoms with E-state index >= 15 is 3.32 Å². The van der Waals surface area contributed by atoms with Crippen molar-refractivity contribution in [1.29, 1.82) is 0 Å². The van der Waals surface area contributed by atoms with Gasteiger partial charge in [-0.25, -0.2) is 0 Å². The van der Waals surface area contributed by atoms with Crippen LogP contribution < -0.4 is 0 Å². The molecule has 0 aromatic heterocycles. The SMILES string of the molecule is CCCCCCCC/C=C\CCCCCCCC(=O)[O][Ti](=[O])([O]C(C)C)([C](=O)CCCCCCC/C=C\CCCCCCCC)[C](=O)CCCCCCC/C=C\CCCCCCCC. The fourth-order valence-electron chi connectivity index (χ4n) is 8.59. The molecule has 0 unspecified atom stereocenters. The van der Waals surface area contributed by atoms with Crippen LogP contribution in [0.3, 0.4) is 0 Å². The molecule has 0 fully saturated rings. The van der Waals surface area contributed by atoms with E-state index in [0.717, 1.165) is 109 Å². The minimum atomic E-state index is -6.80. The average Bonchev–Trinajstić information content (AvgIpc) is 3.27. The zero-order chi connectivity index (χ0) is 47.1. The Morgan fingerprint density at radius 1 is 0.359 bits per heavy atom. The number of carbonyl (C=O) groups excluding carboxylic acids is 3. The molecule has 7 heteroatoms. The van der Waals surface area contributed by atoms with Gasteiger partial charge in [0.15, 0.2) is 0 Å². The van der Waals surface area contributed by atoms with E-state index < -0.39 is 36.3 Å². The third-order valence-electron chi connectivity index (χ3n) is 12.7. The molecule has 0 heterocycles. The first-order valence-electron chi connectivity index (χ1n) is 28.0. The molecule has 374 valence electrons. The van der Waals surface area contributed by atoms with Crippen molar-refractivity contribution in [2.24, 2.45) is 0 Å². The first kappa shape index (κ1) is 62.5. The average molecular weight is 935 g/mol. The summed E-state index contributed by atoms with van der Waals surface area (Å²) in [5.74, 6) is -0.735. The van der Waals surface area contributed by atoms with Crippen molar-refractivity contribution in [3.63, 3.8) is 0 Å². The van der Waals surface area contributed by atoms with Crippen molar-refractivity contribution in [2.75, 3.05) is 0 Å². The Morgan fingerprint density at radius 2 is 0.594 bits per heavy atom. The summed E-state index contributed by atoms with van der Waals surface area (Å²) in [5.41, 5.74) is 0. The Labute approximate surface area is 399 Å². The molecule has 0 saturated carbocycles. The first-order valence-corrected chi connectivity index (χ1v) is 31.4.